The molecule has 0 N–H and O–H groups in total. The Balaban J connectivity index is 2.15. The third-order valence-corrected chi connectivity index (χ3v) is 5.31. The highest BCUT2D eigenvalue weighted by molar-refractivity contribution is 5.72. The van der Waals surface area contributed by atoms with E-state index in [1.165, 1.54) is 30.1 Å². The molecule has 3 nitrogen and oxygen atoms in total. The van der Waals surface area contributed by atoms with Crippen molar-refractivity contribution in [1.29, 1.82) is 0 Å². The van der Waals surface area contributed by atoms with E-state index in [9.17, 15) is 4.39 Å². The molecular formula is C23H26FNO2. The number of methoxy groups -OCH3 is 2. The lowest BCUT2D eigenvalue weighted by atomic mass is 9.76. The molecule has 0 bridgehead atoms. The monoisotopic (exact) mass is 367 g/mol. The lowest BCUT2D eigenvalue weighted by Gasteiger charge is -2.30. The Labute approximate surface area is 160 Å². The quantitative estimate of drug-likeness (QED) is 0.696. The van der Waals surface area contributed by atoms with Gasteiger partial charge in [0.05, 0.1) is 14.2 Å². The van der Waals surface area contributed by atoms with Crippen molar-refractivity contribution in [3.8, 4) is 11.5 Å². The summed E-state index contributed by atoms with van der Waals surface area (Å²) < 4.78 is 24.5. The number of nitrogens with zero attached hydrogens (tertiary/aromatic N) is 1. The van der Waals surface area contributed by atoms with Crippen LogP contribution in [0.5, 0.6) is 11.5 Å². The summed E-state index contributed by atoms with van der Waals surface area (Å²) in [6.45, 7) is 9.10. The second-order valence-corrected chi connectivity index (χ2v) is 6.89. The molecule has 4 heteroatoms. The third kappa shape index (κ3) is 3.20. The van der Waals surface area contributed by atoms with Gasteiger partial charge in [0.15, 0.2) is 11.6 Å². The van der Waals surface area contributed by atoms with Crippen LogP contribution < -0.4 is 14.4 Å². The van der Waals surface area contributed by atoms with E-state index >= 15 is 0 Å². The van der Waals surface area contributed by atoms with E-state index in [0.717, 1.165) is 17.9 Å². The molecule has 2 aromatic carbocycles. The van der Waals surface area contributed by atoms with Crippen LogP contribution in [0, 0.1) is 5.82 Å². The average Bonchev–Trinajstić information content (AvgIpc) is 2.91. The van der Waals surface area contributed by atoms with Gasteiger partial charge < -0.3 is 14.4 Å². The van der Waals surface area contributed by atoms with Crippen LogP contribution in [0.1, 0.15) is 25.0 Å². The minimum atomic E-state index is -0.350. The lowest BCUT2D eigenvalue weighted by Crippen LogP contribution is -2.30. The molecule has 0 radical (unpaired) electrons. The number of hydrogen-bond donors (Lipinski definition) is 0. The molecule has 142 valence electrons. The SMILES string of the molecule is C=C/C=C1\N(CC)c2ccc(OC)cc2C1(C)Cc1ccc(F)c(OC)c1. The molecule has 0 saturated carbocycles. The van der Waals surface area contributed by atoms with Gasteiger partial charge in [-0.25, -0.2) is 4.39 Å². The van der Waals surface area contributed by atoms with E-state index in [1.807, 2.05) is 18.2 Å². The van der Waals surface area contributed by atoms with Gasteiger partial charge in [0.2, 0.25) is 0 Å². The summed E-state index contributed by atoms with van der Waals surface area (Å²) in [7, 11) is 3.17. The first kappa shape index (κ1) is 19.0. The first-order chi connectivity index (χ1) is 13.0. The Morgan fingerprint density at radius 1 is 1.15 bits per heavy atom. The Bertz CT molecular complexity index is 890. The van der Waals surface area contributed by atoms with Crippen molar-refractivity contribution in [2.24, 2.45) is 0 Å². The van der Waals surface area contributed by atoms with Crippen LogP contribution in [-0.4, -0.2) is 20.8 Å². The van der Waals surface area contributed by atoms with Gasteiger partial charge in [-0.1, -0.05) is 18.7 Å². The molecule has 0 amide bonds. The molecule has 0 aliphatic carbocycles. The van der Waals surface area contributed by atoms with Crippen LogP contribution in [0.25, 0.3) is 0 Å². The second-order valence-electron chi connectivity index (χ2n) is 6.89. The number of halogens is 1. The molecule has 1 aliphatic rings. The molecule has 0 fully saturated rings. The minimum absolute atomic E-state index is 0.265. The summed E-state index contributed by atoms with van der Waals surface area (Å²) in [6.07, 6.45) is 4.60. The van der Waals surface area contributed by atoms with E-state index < -0.39 is 0 Å². The normalized spacial score (nSPS) is 19.9. The zero-order chi connectivity index (χ0) is 19.6. The van der Waals surface area contributed by atoms with Crippen LogP contribution in [0.4, 0.5) is 10.1 Å². The minimum Gasteiger partial charge on any atom is -0.497 e. The highest BCUT2D eigenvalue weighted by atomic mass is 19.1. The molecule has 1 heterocycles. The van der Waals surface area contributed by atoms with Crippen LogP contribution >= 0.6 is 0 Å². The lowest BCUT2D eigenvalue weighted by molar-refractivity contribution is 0.385. The van der Waals surface area contributed by atoms with Crippen LogP contribution in [0.2, 0.25) is 0 Å². The first-order valence-corrected chi connectivity index (χ1v) is 9.10. The molecule has 0 aromatic heterocycles. The maximum Gasteiger partial charge on any atom is 0.165 e. The summed E-state index contributed by atoms with van der Waals surface area (Å²) in [6, 6.07) is 11.3. The smallest absolute Gasteiger partial charge is 0.165 e. The molecule has 27 heavy (non-hydrogen) atoms. The van der Waals surface area contributed by atoms with Crippen molar-refractivity contribution < 1.29 is 13.9 Å². The number of ether oxygens (including phenoxy) is 2. The van der Waals surface area contributed by atoms with E-state index in [-0.39, 0.29) is 17.0 Å². The molecule has 3 rings (SSSR count). The van der Waals surface area contributed by atoms with Gasteiger partial charge >= 0.3 is 0 Å². The second kappa shape index (κ2) is 7.47. The van der Waals surface area contributed by atoms with Gasteiger partial charge in [0, 0.05) is 23.3 Å². The molecule has 1 unspecified atom stereocenters. The van der Waals surface area contributed by atoms with E-state index in [2.05, 4.69) is 43.5 Å². The number of anilines is 1. The molecule has 0 spiro atoms. The Morgan fingerprint density at radius 2 is 1.93 bits per heavy atom. The maximum absolute atomic E-state index is 13.9. The largest absolute Gasteiger partial charge is 0.497 e. The van der Waals surface area contributed by atoms with Crippen molar-refractivity contribution in [3.63, 3.8) is 0 Å². The summed E-state index contributed by atoms with van der Waals surface area (Å²) in [5, 5.41) is 0. The van der Waals surface area contributed by atoms with Crippen molar-refractivity contribution in [2.75, 3.05) is 25.7 Å². The van der Waals surface area contributed by atoms with Gasteiger partial charge in [-0.05, 0) is 67.8 Å². The standard InChI is InChI=1S/C23H26FNO2/c1-6-8-22-23(3,15-16-9-11-19(24)21(13-16)27-5)18-14-17(26-4)10-12-20(18)25(22)7-2/h6,8-14H,1,7,15H2,2-5H3/b22-8-. The summed E-state index contributed by atoms with van der Waals surface area (Å²) in [5.41, 5.74) is 4.25. The Hall–Kier alpha value is -2.75. The maximum atomic E-state index is 13.9. The van der Waals surface area contributed by atoms with Gasteiger partial charge in [-0.3, -0.25) is 0 Å². The topological polar surface area (TPSA) is 21.7 Å². The summed E-state index contributed by atoms with van der Waals surface area (Å²) in [5.74, 6) is 0.742. The van der Waals surface area contributed by atoms with E-state index in [4.69, 9.17) is 9.47 Å². The average molecular weight is 367 g/mol. The number of fused-ring (bicyclic) bond motifs is 1. The fourth-order valence-electron chi connectivity index (χ4n) is 4.02. The molecule has 2 aromatic rings. The number of likely N-dealkylation sites (N-methyl/N-ethyl adjacent to an activating group) is 1. The fraction of sp³-hybridized carbons (Fsp3) is 0.304. The van der Waals surface area contributed by atoms with Crippen LogP contribution in [0.15, 0.2) is 60.8 Å². The van der Waals surface area contributed by atoms with Gasteiger partial charge in [-0.2, -0.15) is 0 Å². The molecule has 1 atom stereocenters. The predicted molar refractivity (Wildman–Crippen MR) is 108 cm³/mol. The van der Waals surface area contributed by atoms with Crippen molar-refractivity contribution >= 4 is 5.69 Å². The van der Waals surface area contributed by atoms with Crippen LogP contribution in [-0.2, 0) is 11.8 Å². The Kier molecular flexibility index (Phi) is 5.26. The summed E-state index contributed by atoms with van der Waals surface area (Å²) in [4.78, 5) is 2.30. The summed E-state index contributed by atoms with van der Waals surface area (Å²) >= 11 is 0. The van der Waals surface area contributed by atoms with Gasteiger partial charge in [0.25, 0.3) is 0 Å². The third-order valence-electron chi connectivity index (χ3n) is 5.31. The molecular weight excluding hydrogens is 341 g/mol. The number of hydrogen-bond acceptors (Lipinski definition) is 3. The zero-order valence-corrected chi connectivity index (χ0v) is 16.4. The van der Waals surface area contributed by atoms with Crippen molar-refractivity contribution in [3.05, 3.63) is 77.8 Å². The Morgan fingerprint density at radius 3 is 2.56 bits per heavy atom. The van der Waals surface area contributed by atoms with Gasteiger partial charge in [0.1, 0.15) is 5.75 Å². The number of rotatable bonds is 6. The van der Waals surface area contributed by atoms with E-state index in [1.54, 1.807) is 13.2 Å². The van der Waals surface area contributed by atoms with Gasteiger partial charge in [-0.15, -0.1) is 0 Å². The van der Waals surface area contributed by atoms with Crippen LogP contribution in [0.3, 0.4) is 0 Å². The molecule has 0 saturated heterocycles. The highest BCUT2D eigenvalue weighted by Gasteiger charge is 2.43. The zero-order valence-electron chi connectivity index (χ0n) is 16.4. The predicted octanol–water partition coefficient (Wildman–Crippen LogP) is 5.25. The van der Waals surface area contributed by atoms with Crippen molar-refractivity contribution in [1.82, 2.24) is 0 Å². The first-order valence-electron chi connectivity index (χ1n) is 9.10. The fourth-order valence-corrected chi connectivity index (χ4v) is 4.02. The number of allylic oxidation sites excluding steroid dienone is 3. The number of benzene rings is 2. The van der Waals surface area contributed by atoms with Crippen molar-refractivity contribution in [2.45, 2.75) is 25.7 Å². The highest BCUT2D eigenvalue weighted by Crippen LogP contribution is 2.50. The molecule has 1 aliphatic heterocycles. The van der Waals surface area contributed by atoms with E-state index in [0.29, 0.717) is 6.42 Å².